The number of nitrogens with zero attached hydrogens (tertiary/aromatic N) is 4. The second-order valence-corrected chi connectivity index (χ2v) is 7.09. The van der Waals surface area contributed by atoms with Crippen LogP contribution in [0.25, 0.3) is 0 Å². The molecule has 166 valence electrons. The van der Waals surface area contributed by atoms with Gasteiger partial charge in [0.15, 0.2) is 11.6 Å². The summed E-state index contributed by atoms with van der Waals surface area (Å²) in [6, 6.07) is 7.76. The number of anilines is 2. The first-order chi connectivity index (χ1) is 14.8. The lowest BCUT2D eigenvalue weighted by atomic mass is 10.1. The van der Waals surface area contributed by atoms with Gasteiger partial charge in [-0.3, -0.25) is 10.1 Å². The molecule has 0 unspecified atom stereocenters. The van der Waals surface area contributed by atoms with Crippen LogP contribution in [0.15, 0.2) is 36.4 Å². The van der Waals surface area contributed by atoms with Crippen LogP contribution in [-0.2, 0) is 6.18 Å². The normalized spacial score (nSPS) is 15.6. The van der Waals surface area contributed by atoms with E-state index in [-0.39, 0.29) is 24.5 Å². The maximum atomic E-state index is 13.1. The van der Waals surface area contributed by atoms with E-state index in [1.165, 1.54) is 48.4 Å². The molecule has 2 aromatic rings. The number of alkyl halides is 3. The van der Waals surface area contributed by atoms with Crippen molar-refractivity contribution in [3.05, 3.63) is 47.5 Å². The Kier molecular flexibility index (Phi) is 6.93. The Labute approximate surface area is 176 Å². The smallest absolute Gasteiger partial charge is 0.417 e. The molecule has 4 rings (SSSR count). The molecule has 1 aromatic heterocycles. The summed E-state index contributed by atoms with van der Waals surface area (Å²) < 4.78 is 39.4. The van der Waals surface area contributed by atoms with Gasteiger partial charge in [-0.05, 0) is 24.3 Å². The summed E-state index contributed by atoms with van der Waals surface area (Å²) in [4.78, 5) is 26.3. The van der Waals surface area contributed by atoms with Crippen LogP contribution in [0.5, 0.6) is 0 Å². The molecule has 1 aromatic carbocycles. The summed E-state index contributed by atoms with van der Waals surface area (Å²) >= 11 is 0. The number of amides is 2. The largest absolute Gasteiger partial charge is 0.465 e. The van der Waals surface area contributed by atoms with E-state index >= 15 is 0 Å². The third-order valence-corrected chi connectivity index (χ3v) is 4.59. The molecule has 1 saturated heterocycles. The van der Waals surface area contributed by atoms with Crippen molar-refractivity contribution in [3.8, 4) is 0 Å². The SMILES string of the molecule is C1CC1.O=C(O)Nc1ccc(N2CCN(C(=O)c3ccccc3C(F)(F)F)CC2)nn1. The molecule has 1 saturated carbocycles. The number of carboxylic acid groups (broad SMARTS) is 1. The van der Waals surface area contributed by atoms with Gasteiger partial charge in [-0.15, -0.1) is 10.2 Å². The predicted octanol–water partition coefficient (Wildman–Crippen LogP) is 3.72. The molecular weight excluding hydrogens is 415 g/mol. The quantitative estimate of drug-likeness (QED) is 0.760. The Hall–Kier alpha value is -3.37. The number of hydrogen-bond acceptors (Lipinski definition) is 5. The zero-order valence-corrected chi connectivity index (χ0v) is 16.6. The molecule has 0 radical (unpaired) electrons. The lowest BCUT2D eigenvalue weighted by Gasteiger charge is -2.35. The maximum absolute atomic E-state index is 13.1. The molecule has 11 heteroatoms. The van der Waals surface area contributed by atoms with E-state index in [4.69, 9.17) is 5.11 Å². The number of rotatable bonds is 3. The molecular formula is C20H22F3N5O3. The first-order valence-electron chi connectivity index (χ1n) is 9.80. The molecule has 2 N–H and O–H groups in total. The minimum absolute atomic E-state index is 0.0776. The van der Waals surface area contributed by atoms with E-state index in [1.54, 1.807) is 6.07 Å². The fraction of sp³-hybridized carbons (Fsp3) is 0.400. The fourth-order valence-corrected chi connectivity index (χ4v) is 2.90. The van der Waals surface area contributed by atoms with E-state index in [1.807, 2.05) is 4.90 Å². The van der Waals surface area contributed by atoms with E-state index < -0.39 is 23.7 Å². The van der Waals surface area contributed by atoms with Crippen molar-refractivity contribution in [2.75, 3.05) is 36.4 Å². The Morgan fingerprint density at radius 3 is 2.10 bits per heavy atom. The predicted molar refractivity (Wildman–Crippen MR) is 107 cm³/mol. The van der Waals surface area contributed by atoms with Crippen LogP contribution >= 0.6 is 0 Å². The van der Waals surface area contributed by atoms with Crippen LogP contribution < -0.4 is 10.2 Å². The number of piperazine rings is 1. The van der Waals surface area contributed by atoms with Gasteiger partial charge in [0.1, 0.15) is 0 Å². The number of benzene rings is 1. The Morgan fingerprint density at radius 2 is 1.58 bits per heavy atom. The highest BCUT2D eigenvalue weighted by Crippen LogP contribution is 2.32. The van der Waals surface area contributed by atoms with Crippen LogP contribution in [0, 0.1) is 0 Å². The molecule has 0 atom stereocenters. The number of hydrogen-bond donors (Lipinski definition) is 2. The third-order valence-electron chi connectivity index (χ3n) is 4.59. The second kappa shape index (κ2) is 9.63. The average Bonchev–Trinajstić information content (AvgIpc) is 3.62. The van der Waals surface area contributed by atoms with E-state index in [9.17, 15) is 22.8 Å². The maximum Gasteiger partial charge on any atom is 0.417 e. The summed E-state index contributed by atoms with van der Waals surface area (Å²) in [5.74, 6) is -0.104. The number of nitrogens with one attached hydrogen (secondary N) is 1. The molecule has 31 heavy (non-hydrogen) atoms. The van der Waals surface area contributed by atoms with Gasteiger partial charge in [0, 0.05) is 26.2 Å². The fourth-order valence-electron chi connectivity index (χ4n) is 2.90. The van der Waals surface area contributed by atoms with Gasteiger partial charge >= 0.3 is 12.3 Å². The number of carbonyl (C=O) groups is 2. The van der Waals surface area contributed by atoms with Crippen molar-refractivity contribution in [1.29, 1.82) is 0 Å². The zero-order chi connectivity index (χ0) is 22.4. The van der Waals surface area contributed by atoms with Gasteiger partial charge in [-0.25, -0.2) is 4.79 Å². The van der Waals surface area contributed by atoms with Gasteiger partial charge < -0.3 is 14.9 Å². The molecule has 1 aliphatic carbocycles. The average molecular weight is 437 g/mol. The van der Waals surface area contributed by atoms with Crippen molar-refractivity contribution in [3.63, 3.8) is 0 Å². The Morgan fingerprint density at radius 1 is 0.935 bits per heavy atom. The van der Waals surface area contributed by atoms with Crippen molar-refractivity contribution >= 4 is 23.6 Å². The van der Waals surface area contributed by atoms with Crippen LogP contribution in [0.4, 0.5) is 29.6 Å². The van der Waals surface area contributed by atoms with Crippen molar-refractivity contribution in [1.82, 2.24) is 15.1 Å². The summed E-state index contributed by atoms with van der Waals surface area (Å²) in [7, 11) is 0. The van der Waals surface area contributed by atoms with Gasteiger partial charge in [0.25, 0.3) is 5.91 Å². The summed E-state index contributed by atoms with van der Waals surface area (Å²) in [6.07, 6.45) is -1.36. The molecule has 0 spiro atoms. The highest BCUT2D eigenvalue weighted by molar-refractivity contribution is 5.96. The van der Waals surface area contributed by atoms with E-state index in [0.29, 0.717) is 18.9 Å². The number of halogens is 3. The zero-order valence-electron chi connectivity index (χ0n) is 16.6. The molecule has 2 heterocycles. The van der Waals surface area contributed by atoms with Gasteiger partial charge in [-0.2, -0.15) is 13.2 Å². The third kappa shape index (κ3) is 6.30. The molecule has 1 aliphatic heterocycles. The van der Waals surface area contributed by atoms with E-state index in [0.717, 1.165) is 6.07 Å². The lowest BCUT2D eigenvalue weighted by Crippen LogP contribution is -2.49. The molecule has 2 aliphatic rings. The van der Waals surface area contributed by atoms with Crippen molar-refractivity contribution < 1.29 is 27.9 Å². The van der Waals surface area contributed by atoms with Crippen LogP contribution in [0.2, 0.25) is 0 Å². The minimum atomic E-state index is -4.60. The summed E-state index contributed by atoms with van der Waals surface area (Å²) in [5, 5.41) is 18.4. The summed E-state index contributed by atoms with van der Waals surface area (Å²) in [5.41, 5.74) is -1.32. The van der Waals surface area contributed by atoms with Gasteiger partial charge in [0.05, 0.1) is 11.1 Å². The topological polar surface area (TPSA) is 98.7 Å². The Balaban J connectivity index is 0.000000834. The minimum Gasteiger partial charge on any atom is -0.465 e. The monoisotopic (exact) mass is 437 g/mol. The lowest BCUT2D eigenvalue weighted by molar-refractivity contribution is -0.138. The second-order valence-electron chi connectivity index (χ2n) is 7.09. The van der Waals surface area contributed by atoms with E-state index in [2.05, 4.69) is 15.5 Å². The van der Waals surface area contributed by atoms with Crippen LogP contribution in [0.1, 0.15) is 35.2 Å². The first kappa shape index (κ1) is 22.3. The summed E-state index contributed by atoms with van der Waals surface area (Å²) in [6.45, 7) is 1.17. The Bertz CT molecular complexity index is 908. The molecule has 0 bridgehead atoms. The first-order valence-corrected chi connectivity index (χ1v) is 9.80. The molecule has 2 amide bonds. The van der Waals surface area contributed by atoms with Crippen LogP contribution in [0.3, 0.4) is 0 Å². The van der Waals surface area contributed by atoms with Crippen molar-refractivity contribution in [2.24, 2.45) is 0 Å². The van der Waals surface area contributed by atoms with Crippen LogP contribution in [-0.4, -0.2) is 58.4 Å². The molecule has 2 fully saturated rings. The van der Waals surface area contributed by atoms with Crippen molar-refractivity contribution in [2.45, 2.75) is 25.4 Å². The number of aromatic nitrogens is 2. The van der Waals surface area contributed by atoms with Gasteiger partial charge in [-0.1, -0.05) is 31.4 Å². The molecule has 8 nitrogen and oxygen atoms in total. The highest BCUT2D eigenvalue weighted by atomic mass is 19.4. The highest BCUT2D eigenvalue weighted by Gasteiger charge is 2.36. The van der Waals surface area contributed by atoms with Gasteiger partial charge in [0.2, 0.25) is 0 Å². The standard InChI is InChI=1S/C17H16F3N5O3.C3H6/c18-17(19,20)12-4-2-1-3-11(12)15(26)25-9-7-24(8-10-25)14-6-5-13(22-23-14)21-16(27)28;1-2-3-1/h1-6H,7-10H2,(H,21,22)(H,27,28);1-3H2. The number of carbonyl (C=O) groups excluding carboxylic acids is 1.